The highest BCUT2D eigenvalue weighted by Gasteiger charge is 2.29. The Bertz CT molecular complexity index is 614. The van der Waals surface area contributed by atoms with Gasteiger partial charge in [-0.15, -0.1) is 0 Å². The highest BCUT2D eigenvalue weighted by Crippen LogP contribution is 2.32. The van der Waals surface area contributed by atoms with Crippen molar-refractivity contribution in [1.29, 1.82) is 0 Å². The van der Waals surface area contributed by atoms with E-state index in [4.69, 9.17) is 19.9 Å². The maximum absolute atomic E-state index is 6.30. The molecule has 0 aliphatic carbocycles. The molecule has 21 heavy (non-hydrogen) atoms. The summed E-state index contributed by atoms with van der Waals surface area (Å²) in [5, 5.41) is 0. The molecule has 2 aromatic carbocycles. The molecular formula is C17H19NO3. The highest BCUT2D eigenvalue weighted by atomic mass is 16.5. The minimum absolute atomic E-state index is 0.203. The van der Waals surface area contributed by atoms with Crippen LogP contribution in [-0.2, 0) is 0 Å². The van der Waals surface area contributed by atoms with E-state index in [0.29, 0.717) is 13.2 Å². The molecule has 110 valence electrons. The first-order chi connectivity index (χ1) is 10.3. The molecule has 1 heterocycles. The van der Waals surface area contributed by atoms with Crippen molar-refractivity contribution in [3.8, 4) is 17.2 Å². The number of nitrogens with two attached hydrogens (primary N) is 1. The van der Waals surface area contributed by atoms with Crippen LogP contribution >= 0.6 is 0 Å². The van der Waals surface area contributed by atoms with Gasteiger partial charge in [-0.2, -0.15) is 0 Å². The van der Waals surface area contributed by atoms with E-state index in [2.05, 4.69) is 0 Å². The van der Waals surface area contributed by atoms with Gasteiger partial charge in [-0.05, 0) is 25.1 Å². The summed E-state index contributed by atoms with van der Waals surface area (Å²) in [4.78, 5) is 0. The molecule has 0 bridgehead atoms. The number of fused-ring (bicyclic) bond motifs is 1. The summed E-state index contributed by atoms with van der Waals surface area (Å²) < 4.78 is 17.2. The van der Waals surface area contributed by atoms with Crippen LogP contribution in [0.25, 0.3) is 0 Å². The third-order valence-corrected chi connectivity index (χ3v) is 3.49. The van der Waals surface area contributed by atoms with E-state index in [0.717, 1.165) is 22.8 Å². The van der Waals surface area contributed by atoms with Crippen LogP contribution in [0.2, 0.25) is 0 Å². The van der Waals surface area contributed by atoms with E-state index in [-0.39, 0.29) is 12.1 Å². The van der Waals surface area contributed by atoms with Gasteiger partial charge in [-0.25, -0.2) is 0 Å². The molecule has 1 aliphatic rings. The molecule has 2 N–H and O–H groups in total. The Balaban J connectivity index is 1.75. The van der Waals surface area contributed by atoms with Crippen molar-refractivity contribution in [3.05, 3.63) is 54.1 Å². The molecule has 3 rings (SSSR count). The molecule has 1 aliphatic heterocycles. The number of ether oxygens (including phenoxy) is 3. The van der Waals surface area contributed by atoms with E-state index in [1.807, 2.05) is 55.5 Å². The van der Waals surface area contributed by atoms with Crippen molar-refractivity contribution in [2.75, 3.05) is 13.2 Å². The number of benzene rings is 2. The van der Waals surface area contributed by atoms with Crippen LogP contribution in [-0.4, -0.2) is 19.3 Å². The monoisotopic (exact) mass is 285 g/mol. The van der Waals surface area contributed by atoms with Gasteiger partial charge < -0.3 is 19.9 Å². The molecule has 0 saturated carbocycles. The van der Waals surface area contributed by atoms with Crippen molar-refractivity contribution in [1.82, 2.24) is 0 Å². The van der Waals surface area contributed by atoms with E-state index in [1.54, 1.807) is 0 Å². The third kappa shape index (κ3) is 2.95. The predicted molar refractivity (Wildman–Crippen MR) is 80.9 cm³/mol. The van der Waals surface area contributed by atoms with Gasteiger partial charge >= 0.3 is 0 Å². The fraction of sp³-hybridized carbons (Fsp3) is 0.294. The van der Waals surface area contributed by atoms with Gasteiger partial charge in [0.25, 0.3) is 0 Å². The van der Waals surface area contributed by atoms with E-state index >= 15 is 0 Å². The smallest absolute Gasteiger partial charge is 0.152 e. The minimum atomic E-state index is -0.211. The molecule has 0 saturated heterocycles. The van der Waals surface area contributed by atoms with Crippen LogP contribution in [0, 0.1) is 0 Å². The lowest BCUT2D eigenvalue weighted by Crippen LogP contribution is -2.40. The summed E-state index contributed by atoms with van der Waals surface area (Å²) in [5.41, 5.74) is 7.28. The Morgan fingerprint density at radius 3 is 2.81 bits per heavy atom. The fourth-order valence-electron chi connectivity index (χ4n) is 2.45. The quantitative estimate of drug-likeness (QED) is 0.938. The Morgan fingerprint density at radius 2 is 1.95 bits per heavy atom. The zero-order chi connectivity index (χ0) is 14.7. The van der Waals surface area contributed by atoms with Crippen molar-refractivity contribution in [3.63, 3.8) is 0 Å². The second kappa shape index (κ2) is 6.06. The fourth-order valence-corrected chi connectivity index (χ4v) is 2.45. The molecule has 2 aromatic rings. The zero-order valence-corrected chi connectivity index (χ0v) is 12.0. The molecule has 0 spiro atoms. The third-order valence-electron chi connectivity index (χ3n) is 3.49. The van der Waals surface area contributed by atoms with E-state index in [9.17, 15) is 0 Å². The van der Waals surface area contributed by atoms with Crippen LogP contribution in [0.4, 0.5) is 0 Å². The topological polar surface area (TPSA) is 53.7 Å². The van der Waals surface area contributed by atoms with Crippen molar-refractivity contribution in [2.24, 2.45) is 5.73 Å². The summed E-state index contributed by atoms with van der Waals surface area (Å²) in [6.07, 6.45) is -0.211. The summed E-state index contributed by atoms with van der Waals surface area (Å²) >= 11 is 0. The summed E-state index contributed by atoms with van der Waals surface area (Å²) in [5.74, 6) is 2.37. The average molecular weight is 285 g/mol. The molecular weight excluding hydrogens is 266 g/mol. The lowest BCUT2D eigenvalue weighted by atomic mass is 9.99. The molecule has 0 amide bonds. The molecule has 2 atom stereocenters. The maximum Gasteiger partial charge on any atom is 0.152 e. The summed E-state index contributed by atoms with van der Waals surface area (Å²) in [7, 11) is 0. The molecule has 2 unspecified atom stereocenters. The van der Waals surface area contributed by atoms with Crippen molar-refractivity contribution in [2.45, 2.75) is 19.1 Å². The molecule has 0 fully saturated rings. The lowest BCUT2D eigenvalue weighted by Gasteiger charge is -2.31. The summed E-state index contributed by atoms with van der Waals surface area (Å²) in [6.45, 7) is 3.02. The second-order valence-corrected chi connectivity index (χ2v) is 4.94. The molecule has 4 heteroatoms. The Hall–Kier alpha value is -2.20. The van der Waals surface area contributed by atoms with Gasteiger partial charge in [0, 0.05) is 11.6 Å². The Kier molecular flexibility index (Phi) is 3.97. The highest BCUT2D eigenvalue weighted by molar-refractivity contribution is 5.39. The number of para-hydroxylation sites is 1. The molecule has 0 aromatic heterocycles. The number of rotatable bonds is 4. The predicted octanol–water partition coefficient (Wildman–Crippen LogP) is 2.93. The van der Waals surface area contributed by atoms with Gasteiger partial charge in [0.15, 0.2) is 6.10 Å². The van der Waals surface area contributed by atoms with Gasteiger partial charge in [0.05, 0.1) is 12.6 Å². The Morgan fingerprint density at radius 1 is 1.14 bits per heavy atom. The van der Waals surface area contributed by atoms with Crippen LogP contribution in [0.15, 0.2) is 48.5 Å². The second-order valence-electron chi connectivity index (χ2n) is 4.94. The van der Waals surface area contributed by atoms with Gasteiger partial charge in [-0.1, -0.05) is 24.3 Å². The van der Waals surface area contributed by atoms with E-state index in [1.165, 1.54) is 0 Å². The maximum atomic E-state index is 6.30. The first kappa shape index (κ1) is 13.8. The van der Waals surface area contributed by atoms with Gasteiger partial charge in [0.2, 0.25) is 0 Å². The van der Waals surface area contributed by atoms with Crippen LogP contribution < -0.4 is 19.9 Å². The minimum Gasteiger partial charge on any atom is -0.494 e. The molecule has 0 radical (unpaired) electrons. The van der Waals surface area contributed by atoms with Crippen LogP contribution in [0.3, 0.4) is 0 Å². The van der Waals surface area contributed by atoms with Crippen LogP contribution in [0.5, 0.6) is 17.2 Å². The number of hydrogen-bond donors (Lipinski definition) is 1. The SMILES string of the molecule is CCOc1cccc(OC2COc3ccccc3C2N)c1. The lowest BCUT2D eigenvalue weighted by molar-refractivity contribution is 0.0875. The first-order valence-electron chi connectivity index (χ1n) is 7.14. The summed E-state index contributed by atoms with van der Waals surface area (Å²) in [6, 6.07) is 15.2. The number of hydrogen-bond acceptors (Lipinski definition) is 4. The van der Waals surface area contributed by atoms with Gasteiger partial charge in [0.1, 0.15) is 23.9 Å². The normalized spacial score (nSPS) is 20.3. The Labute approximate surface area is 124 Å². The molecule has 4 nitrogen and oxygen atoms in total. The van der Waals surface area contributed by atoms with Crippen LogP contribution in [0.1, 0.15) is 18.5 Å². The first-order valence-corrected chi connectivity index (χ1v) is 7.14. The van der Waals surface area contributed by atoms with Crippen molar-refractivity contribution < 1.29 is 14.2 Å². The largest absolute Gasteiger partial charge is 0.494 e. The standard InChI is InChI=1S/C17H19NO3/c1-2-19-12-6-5-7-13(10-12)21-16-11-20-15-9-4-3-8-14(15)17(16)18/h3-10,16-17H,2,11,18H2,1H3. The average Bonchev–Trinajstić information content (AvgIpc) is 2.51. The van der Waals surface area contributed by atoms with Crippen molar-refractivity contribution >= 4 is 0 Å². The van der Waals surface area contributed by atoms with E-state index < -0.39 is 0 Å². The zero-order valence-electron chi connectivity index (χ0n) is 12.0. The van der Waals surface area contributed by atoms with Gasteiger partial charge in [-0.3, -0.25) is 0 Å².